The van der Waals surface area contributed by atoms with E-state index >= 15 is 0 Å². The van der Waals surface area contributed by atoms with Crippen LogP contribution in [0, 0.1) is 23.1 Å². The zero-order valence-electron chi connectivity index (χ0n) is 13.6. The van der Waals surface area contributed by atoms with Crippen LogP contribution in [0.25, 0.3) is 0 Å². The average Bonchev–Trinajstić information content (AvgIpc) is 2.62. The maximum absolute atomic E-state index is 14.6. The fraction of sp³-hybridized carbons (Fsp3) is 0.350. The highest BCUT2D eigenvalue weighted by Gasteiger charge is 2.43. The van der Waals surface area contributed by atoms with Crippen LogP contribution in [0.4, 0.5) is 10.1 Å². The van der Waals surface area contributed by atoms with Crippen molar-refractivity contribution in [3.8, 4) is 6.07 Å². The Bertz CT molecular complexity index is 820. The zero-order valence-corrected chi connectivity index (χ0v) is 14.3. The number of rotatable bonds is 2. The number of nitriles is 1. The average molecular weight is 357 g/mol. The van der Waals surface area contributed by atoms with E-state index in [9.17, 15) is 4.39 Å². The largest absolute Gasteiger partial charge is 0.375 e. The number of nitrogens with one attached hydrogen (secondary N) is 1. The summed E-state index contributed by atoms with van der Waals surface area (Å²) in [5.74, 6) is -0.199. The number of hydrogen-bond acceptors (Lipinski definition) is 3. The highest BCUT2D eigenvalue weighted by Crippen LogP contribution is 2.51. The van der Waals surface area contributed by atoms with E-state index in [0.29, 0.717) is 17.1 Å². The number of halogens is 2. The molecule has 0 bridgehead atoms. The second-order valence-corrected chi connectivity index (χ2v) is 7.10. The fourth-order valence-corrected chi connectivity index (χ4v) is 4.24. The lowest BCUT2D eigenvalue weighted by Gasteiger charge is -2.45. The van der Waals surface area contributed by atoms with Crippen LogP contribution in [0.1, 0.15) is 42.5 Å². The Hall–Kier alpha value is -2.09. The Morgan fingerprint density at radius 3 is 2.80 bits per heavy atom. The lowest BCUT2D eigenvalue weighted by atomic mass is 9.76. The van der Waals surface area contributed by atoms with E-state index in [4.69, 9.17) is 21.6 Å². The smallest absolute Gasteiger partial charge is 0.148 e. The summed E-state index contributed by atoms with van der Waals surface area (Å²) in [5, 5.41) is 12.7. The van der Waals surface area contributed by atoms with E-state index in [1.807, 2.05) is 18.2 Å². The molecule has 5 heteroatoms. The van der Waals surface area contributed by atoms with Crippen LogP contribution in [0.15, 0.2) is 42.5 Å². The van der Waals surface area contributed by atoms with Crippen molar-refractivity contribution >= 4 is 17.3 Å². The van der Waals surface area contributed by atoms with Gasteiger partial charge >= 0.3 is 0 Å². The minimum Gasteiger partial charge on any atom is -0.375 e. The first-order chi connectivity index (χ1) is 12.2. The Balaban J connectivity index is 1.78. The molecule has 4 rings (SSSR count). The molecule has 0 aliphatic carbocycles. The number of anilines is 1. The van der Waals surface area contributed by atoms with Crippen molar-refractivity contribution in [1.29, 1.82) is 5.26 Å². The Labute approximate surface area is 151 Å². The number of benzene rings is 2. The SMILES string of the molecule is N#CC[C@H]1CC[C@@H]2[C@H](O1)c1cc(Cl)cc(F)c1N[C@H]2c1ccccc1. The van der Waals surface area contributed by atoms with Crippen molar-refractivity contribution in [2.75, 3.05) is 5.32 Å². The summed E-state index contributed by atoms with van der Waals surface area (Å²) in [5.41, 5.74) is 2.32. The third-order valence-corrected chi connectivity index (χ3v) is 5.37. The van der Waals surface area contributed by atoms with Gasteiger partial charge in [0.05, 0.1) is 36.4 Å². The summed E-state index contributed by atoms with van der Waals surface area (Å²) in [6.07, 6.45) is 1.72. The van der Waals surface area contributed by atoms with E-state index in [0.717, 1.165) is 24.0 Å². The van der Waals surface area contributed by atoms with Gasteiger partial charge in [0.2, 0.25) is 0 Å². The predicted molar refractivity (Wildman–Crippen MR) is 94.8 cm³/mol. The maximum Gasteiger partial charge on any atom is 0.148 e. The van der Waals surface area contributed by atoms with Gasteiger partial charge in [-0.05, 0) is 30.5 Å². The molecule has 0 unspecified atom stereocenters. The van der Waals surface area contributed by atoms with Gasteiger partial charge in [-0.2, -0.15) is 5.26 Å². The molecule has 2 aliphatic rings. The van der Waals surface area contributed by atoms with Gasteiger partial charge in [-0.15, -0.1) is 0 Å². The van der Waals surface area contributed by atoms with E-state index in [1.54, 1.807) is 6.07 Å². The summed E-state index contributed by atoms with van der Waals surface area (Å²) in [4.78, 5) is 0. The number of ether oxygens (including phenoxy) is 1. The molecule has 0 radical (unpaired) electrons. The second kappa shape index (κ2) is 6.67. The van der Waals surface area contributed by atoms with Gasteiger partial charge < -0.3 is 10.1 Å². The summed E-state index contributed by atoms with van der Waals surface area (Å²) in [7, 11) is 0. The molecule has 0 amide bonds. The van der Waals surface area contributed by atoms with Crippen LogP contribution < -0.4 is 5.32 Å². The van der Waals surface area contributed by atoms with E-state index in [2.05, 4.69) is 23.5 Å². The quantitative estimate of drug-likeness (QED) is 0.784. The van der Waals surface area contributed by atoms with E-state index < -0.39 is 0 Å². The van der Waals surface area contributed by atoms with Crippen molar-refractivity contribution in [1.82, 2.24) is 0 Å². The van der Waals surface area contributed by atoms with Gasteiger partial charge in [-0.3, -0.25) is 0 Å². The van der Waals surface area contributed by atoms with Gasteiger partial charge in [0, 0.05) is 16.5 Å². The van der Waals surface area contributed by atoms with Gasteiger partial charge in [-0.25, -0.2) is 4.39 Å². The van der Waals surface area contributed by atoms with Crippen molar-refractivity contribution in [3.05, 3.63) is 64.4 Å². The van der Waals surface area contributed by atoms with Gasteiger partial charge in [-0.1, -0.05) is 41.9 Å². The maximum atomic E-state index is 14.6. The molecule has 2 heterocycles. The Kier molecular flexibility index (Phi) is 4.37. The Morgan fingerprint density at radius 1 is 1.24 bits per heavy atom. The van der Waals surface area contributed by atoms with Crippen molar-refractivity contribution in [2.45, 2.75) is 37.5 Å². The number of hydrogen-bond donors (Lipinski definition) is 1. The molecule has 1 fully saturated rings. The van der Waals surface area contributed by atoms with Crippen molar-refractivity contribution in [3.63, 3.8) is 0 Å². The van der Waals surface area contributed by atoms with E-state index in [1.165, 1.54) is 6.07 Å². The highest BCUT2D eigenvalue weighted by molar-refractivity contribution is 6.30. The van der Waals surface area contributed by atoms with Gasteiger partial charge in [0.25, 0.3) is 0 Å². The van der Waals surface area contributed by atoms with Crippen LogP contribution in [0.2, 0.25) is 5.02 Å². The molecule has 2 aromatic carbocycles. The molecule has 2 aliphatic heterocycles. The normalized spacial score (nSPS) is 27.6. The second-order valence-electron chi connectivity index (χ2n) is 6.67. The van der Waals surface area contributed by atoms with E-state index in [-0.39, 0.29) is 30.0 Å². The topological polar surface area (TPSA) is 45.0 Å². The molecular formula is C20H18ClFN2O. The third kappa shape index (κ3) is 2.99. The lowest BCUT2D eigenvalue weighted by Crippen LogP contribution is -2.39. The number of nitrogens with zero attached hydrogens (tertiary/aromatic N) is 1. The van der Waals surface area contributed by atoms with Crippen LogP contribution >= 0.6 is 11.6 Å². The lowest BCUT2D eigenvalue weighted by molar-refractivity contribution is -0.0909. The molecule has 1 N–H and O–H groups in total. The van der Waals surface area contributed by atoms with Crippen molar-refractivity contribution < 1.29 is 9.13 Å². The molecule has 2 aromatic rings. The summed E-state index contributed by atoms with van der Waals surface area (Å²) < 4.78 is 20.8. The first-order valence-electron chi connectivity index (χ1n) is 8.50. The minimum absolute atomic E-state index is 0.0302. The van der Waals surface area contributed by atoms with Crippen molar-refractivity contribution in [2.24, 2.45) is 5.92 Å². The first-order valence-corrected chi connectivity index (χ1v) is 8.88. The standard InChI is InChI=1S/C20H18ClFN2O/c21-13-10-16-19(17(22)11-13)24-18(12-4-2-1-3-5-12)15-7-6-14(8-9-23)25-20(15)16/h1-5,10-11,14-15,18,20,24H,6-8H2/t14-,15+,18+,20+/m1/s1. The van der Waals surface area contributed by atoms with Gasteiger partial charge in [0.1, 0.15) is 5.82 Å². The van der Waals surface area contributed by atoms with Crippen LogP contribution in [-0.2, 0) is 4.74 Å². The molecule has 25 heavy (non-hydrogen) atoms. The van der Waals surface area contributed by atoms with Crippen LogP contribution in [0.5, 0.6) is 0 Å². The number of fused-ring (bicyclic) bond motifs is 3. The molecule has 4 atom stereocenters. The summed E-state index contributed by atoms with van der Waals surface area (Å²) >= 11 is 6.09. The predicted octanol–water partition coefficient (Wildman–Crippen LogP) is 5.40. The zero-order chi connectivity index (χ0) is 17.4. The van der Waals surface area contributed by atoms with Crippen LogP contribution in [0.3, 0.4) is 0 Å². The molecule has 0 spiro atoms. The summed E-state index contributed by atoms with van der Waals surface area (Å²) in [6, 6.07) is 15.3. The fourth-order valence-electron chi connectivity index (χ4n) is 4.03. The monoisotopic (exact) mass is 356 g/mol. The Morgan fingerprint density at radius 2 is 2.04 bits per heavy atom. The van der Waals surface area contributed by atoms with Gasteiger partial charge in [0.15, 0.2) is 0 Å². The minimum atomic E-state index is -0.368. The summed E-state index contributed by atoms with van der Waals surface area (Å²) in [6.45, 7) is 0. The highest BCUT2D eigenvalue weighted by atomic mass is 35.5. The molecule has 0 aromatic heterocycles. The van der Waals surface area contributed by atoms with Crippen LogP contribution in [-0.4, -0.2) is 6.10 Å². The molecule has 3 nitrogen and oxygen atoms in total. The molecule has 1 saturated heterocycles. The third-order valence-electron chi connectivity index (χ3n) is 5.15. The molecule has 0 saturated carbocycles. The molecular weight excluding hydrogens is 339 g/mol. The molecule has 128 valence electrons. The first kappa shape index (κ1) is 16.4.